The molecule has 1 saturated heterocycles. The van der Waals surface area contributed by atoms with Crippen LogP contribution in [0.4, 0.5) is 0 Å². The lowest BCUT2D eigenvalue weighted by atomic mass is 10.0. The molecular formula is C25H28N2O2. The van der Waals surface area contributed by atoms with Crippen molar-refractivity contribution in [3.05, 3.63) is 83.4 Å². The number of hydrogen-bond donors (Lipinski definition) is 1. The highest BCUT2D eigenvalue weighted by Gasteiger charge is 2.11. The van der Waals surface area contributed by atoms with Crippen molar-refractivity contribution in [2.45, 2.75) is 25.9 Å². The predicted molar refractivity (Wildman–Crippen MR) is 117 cm³/mol. The number of nitrogens with one attached hydrogen (secondary N) is 1. The highest BCUT2D eigenvalue weighted by Crippen LogP contribution is 2.19. The summed E-state index contributed by atoms with van der Waals surface area (Å²) in [5.74, 6) is 0.0940. The highest BCUT2D eigenvalue weighted by atomic mass is 16.5. The summed E-state index contributed by atoms with van der Waals surface area (Å²) < 4.78 is 5.42. The van der Waals surface area contributed by atoms with Gasteiger partial charge in [-0.3, -0.25) is 9.69 Å². The monoisotopic (exact) mass is 388 g/mol. The molecule has 0 atom stereocenters. The fourth-order valence-corrected chi connectivity index (χ4v) is 3.90. The zero-order valence-corrected chi connectivity index (χ0v) is 16.8. The molecule has 4 nitrogen and oxygen atoms in total. The first-order valence-electron chi connectivity index (χ1n) is 10.4. The third-order valence-electron chi connectivity index (χ3n) is 5.49. The number of aryl methyl sites for hydroxylation is 1. The maximum atomic E-state index is 12.4. The average Bonchev–Trinajstić information content (AvgIpc) is 2.77. The van der Waals surface area contributed by atoms with E-state index in [2.05, 4.69) is 70.9 Å². The van der Waals surface area contributed by atoms with Gasteiger partial charge in [-0.2, -0.15) is 0 Å². The number of nitrogens with zero attached hydrogens (tertiary/aromatic N) is 1. The Morgan fingerprint density at radius 2 is 1.69 bits per heavy atom. The summed E-state index contributed by atoms with van der Waals surface area (Å²) in [6, 6.07) is 23.1. The molecule has 1 amide bonds. The molecule has 4 rings (SSSR count). The van der Waals surface area contributed by atoms with Crippen LogP contribution in [0.2, 0.25) is 0 Å². The van der Waals surface area contributed by atoms with Crippen LogP contribution in [0.25, 0.3) is 10.8 Å². The molecule has 4 heteroatoms. The highest BCUT2D eigenvalue weighted by molar-refractivity contribution is 5.86. The number of carbonyl (C=O) groups is 1. The predicted octanol–water partition coefficient (Wildman–Crippen LogP) is 3.92. The fraction of sp³-hybridized carbons (Fsp3) is 0.320. The van der Waals surface area contributed by atoms with E-state index in [0.29, 0.717) is 13.0 Å². The number of benzene rings is 3. The Kier molecular flexibility index (Phi) is 6.55. The second kappa shape index (κ2) is 9.68. The Morgan fingerprint density at radius 1 is 0.931 bits per heavy atom. The average molecular weight is 389 g/mol. The van der Waals surface area contributed by atoms with E-state index in [-0.39, 0.29) is 5.91 Å². The fourth-order valence-electron chi connectivity index (χ4n) is 3.90. The number of hydrogen-bond acceptors (Lipinski definition) is 3. The Labute approximate surface area is 172 Å². The number of carbonyl (C=O) groups excluding carboxylic acids is 1. The summed E-state index contributed by atoms with van der Waals surface area (Å²) in [4.78, 5) is 14.8. The van der Waals surface area contributed by atoms with Crippen LogP contribution in [0.5, 0.6) is 0 Å². The topological polar surface area (TPSA) is 41.6 Å². The number of morpholine rings is 1. The van der Waals surface area contributed by atoms with Gasteiger partial charge in [0.05, 0.1) is 13.2 Å². The molecule has 1 aliphatic rings. The molecule has 0 unspecified atom stereocenters. The SMILES string of the molecule is O=C(CCc1cccc2ccccc12)NCc1cccc(CN2CCOCC2)c1. The number of rotatable bonds is 7. The van der Waals surface area contributed by atoms with Crippen molar-refractivity contribution in [1.82, 2.24) is 10.2 Å². The van der Waals surface area contributed by atoms with Gasteiger partial charge < -0.3 is 10.1 Å². The van der Waals surface area contributed by atoms with Crippen molar-refractivity contribution in [2.75, 3.05) is 26.3 Å². The largest absolute Gasteiger partial charge is 0.379 e. The van der Waals surface area contributed by atoms with Crippen LogP contribution >= 0.6 is 0 Å². The van der Waals surface area contributed by atoms with Crippen LogP contribution in [-0.2, 0) is 29.0 Å². The normalized spacial score (nSPS) is 14.8. The van der Waals surface area contributed by atoms with Gasteiger partial charge in [0.2, 0.25) is 5.91 Å². The summed E-state index contributed by atoms with van der Waals surface area (Å²) >= 11 is 0. The molecule has 0 aromatic heterocycles. The number of fused-ring (bicyclic) bond motifs is 1. The third kappa shape index (κ3) is 5.43. The molecule has 0 aliphatic carbocycles. The van der Waals surface area contributed by atoms with Gasteiger partial charge in [0, 0.05) is 32.6 Å². The van der Waals surface area contributed by atoms with Crippen molar-refractivity contribution in [1.29, 1.82) is 0 Å². The number of amides is 1. The Hall–Kier alpha value is -2.69. The lowest BCUT2D eigenvalue weighted by Gasteiger charge is -2.26. The van der Waals surface area contributed by atoms with E-state index in [1.165, 1.54) is 21.9 Å². The van der Waals surface area contributed by atoms with Gasteiger partial charge in [0.1, 0.15) is 0 Å². The summed E-state index contributed by atoms with van der Waals surface area (Å²) in [5.41, 5.74) is 3.66. The summed E-state index contributed by atoms with van der Waals surface area (Å²) in [6.07, 6.45) is 1.26. The van der Waals surface area contributed by atoms with E-state index >= 15 is 0 Å². The maximum absolute atomic E-state index is 12.4. The Balaban J connectivity index is 1.28. The molecule has 0 saturated carbocycles. The van der Waals surface area contributed by atoms with Crippen LogP contribution in [-0.4, -0.2) is 37.1 Å². The van der Waals surface area contributed by atoms with Crippen LogP contribution in [0, 0.1) is 0 Å². The van der Waals surface area contributed by atoms with Crippen molar-refractivity contribution >= 4 is 16.7 Å². The zero-order valence-electron chi connectivity index (χ0n) is 16.8. The van der Waals surface area contributed by atoms with Gasteiger partial charge in [-0.1, -0.05) is 66.7 Å². The van der Waals surface area contributed by atoms with Crippen molar-refractivity contribution in [3.63, 3.8) is 0 Å². The molecule has 3 aromatic carbocycles. The van der Waals surface area contributed by atoms with E-state index in [1.54, 1.807) is 0 Å². The van der Waals surface area contributed by atoms with Crippen molar-refractivity contribution in [3.8, 4) is 0 Å². The van der Waals surface area contributed by atoms with Gasteiger partial charge in [-0.05, 0) is 33.9 Å². The van der Waals surface area contributed by atoms with Gasteiger partial charge in [0.15, 0.2) is 0 Å². The van der Waals surface area contributed by atoms with Crippen LogP contribution in [0.15, 0.2) is 66.7 Å². The zero-order chi connectivity index (χ0) is 19.9. The van der Waals surface area contributed by atoms with Crippen molar-refractivity contribution < 1.29 is 9.53 Å². The molecule has 29 heavy (non-hydrogen) atoms. The molecule has 0 radical (unpaired) electrons. The first kappa shape index (κ1) is 19.6. The minimum Gasteiger partial charge on any atom is -0.379 e. The first-order chi connectivity index (χ1) is 14.3. The summed E-state index contributed by atoms with van der Waals surface area (Å²) in [6.45, 7) is 5.10. The summed E-state index contributed by atoms with van der Waals surface area (Å²) in [5, 5.41) is 5.53. The molecule has 0 bridgehead atoms. The van der Waals surface area contributed by atoms with Crippen LogP contribution < -0.4 is 5.32 Å². The number of ether oxygens (including phenoxy) is 1. The van der Waals surface area contributed by atoms with Crippen LogP contribution in [0.3, 0.4) is 0 Å². The second-order valence-electron chi connectivity index (χ2n) is 7.62. The van der Waals surface area contributed by atoms with E-state index in [9.17, 15) is 4.79 Å². The molecule has 1 fully saturated rings. The molecule has 1 aliphatic heterocycles. The molecule has 1 heterocycles. The van der Waals surface area contributed by atoms with E-state index in [1.807, 2.05) is 6.07 Å². The van der Waals surface area contributed by atoms with Gasteiger partial charge >= 0.3 is 0 Å². The Bertz CT molecular complexity index is 958. The minimum atomic E-state index is 0.0940. The van der Waals surface area contributed by atoms with Gasteiger partial charge in [-0.15, -0.1) is 0 Å². The lowest BCUT2D eigenvalue weighted by Crippen LogP contribution is -2.35. The van der Waals surface area contributed by atoms with E-state index in [4.69, 9.17) is 4.74 Å². The lowest BCUT2D eigenvalue weighted by molar-refractivity contribution is -0.121. The molecular weight excluding hydrogens is 360 g/mol. The molecule has 3 aromatic rings. The van der Waals surface area contributed by atoms with E-state index in [0.717, 1.165) is 44.8 Å². The molecule has 1 N–H and O–H groups in total. The standard InChI is InChI=1S/C25H28N2O2/c28-25(12-11-23-9-4-8-22-7-1-2-10-24(22)23)26-18-20-5-3-6-21(17-20)19-27-13-15-29-16-14-27/h1-10,17H,11-16,18-19H2,(H,26,28). The minimum absolute atomic E-state index is 0.0940. The maximum Gasteiger partial charge on any atom is 0.220 e. The van der Waals surface area contributed by atoms with Crippen LogP contribution in [0.1, 0.15) is 23.1 Å². The second-order valence-corrected chi connectivity index (χ2v) is 7.62. The van der Waals surface area contributed by atoms with Gasteiger partial charge in [-0.25, -0.2) is 0 Å². The van der Waals surface area contributed by atoms with Gasteiger partial charge in [0.25, 0.3) is 0 Å². The summed E-state index contributed by atoms with van der Waals surface area (Å²) in [7, 11) is 0. The smallest absolute Gasteiger partial charge is 0.220 e. The first-order valence-corrected chi connectivity index (χ1v) is 10.4. The third-order valence-corrected chi connectivity index (χ3v) is 5.49. The molecule has 0 spiro atoms. The van der Waals surface area contributed by atoms with E-state index < -0.39 is 0 Å². The quantitative estimate of drug-likeness (QED) is 0.667. The Morgan fingerprint density at radius 3 is 2.59 bits per heavy atom. The molecule has 150 valence electrons. The van der Waals surface area contributed by atoms with Crippen molar-refractivity contribution in [2.24, 2.45) is 0 Å².